The molecule has 0 aromatic heterocycles. The first-order valence-corrected chi connectivity index (χ1v) is 10.1. The molecule has 0 saturated carbocycles. The highest BCUT2D eigenvalue weighted by Gasteiger charge is 2.42. The number of rotatable bonds is 4. The van der Waals surface area contributed by atoms with Crippen LogP contribution in [0.2, 0.25) is 0 Å². The summed E-state index contributed by atoms with van der Waals surface area (Å²) in [5, 5.41) is 10.6. The Hall–Kier alpha value is -2.21. The number of piperidine rings is 1. The Morgan fingerprint density at radius 1 is 1.00 bits per heavy atom. The predicted octanol–water partition coefficient (Wildman–Crippen LogP) is 2.55. The standard InChI is InChI=1S/C23H28N2O3/c26-21(17-19-7-3-1-4-8-19)24-13-11-23(12-14-24)18-25(15-16-28-23)22(27)20-9-5-2-6-10-20/h1-10,21,26H,11-18H2. The van der Waals surface area contributed by atoms with Gasteiger partial charge in [-0.3, -0.25) is 9.69 Å². The molecule has 1 unspecified atom stereocenters. The van der Waals surface area contributed by atoms with E-state index < -0.39 is 6.23 Å². The summed E-state index contributed by atoms with van der Waals surface area (Å²) < 4.78 is 6.17. The molecule has 5 nitrogen and oxygen atoms in total. The fourth-order valence-electron chi connectivity index (χ4n) is 4.27. The first-order valence-electron chi connectivity index (χ1n) is 10.1. The van der Waals surface area contributed by atoms with Crippen LogP contribution >= 0.6 is 0 Å². The van der Waals surface area contributed by atoms with Gasteiger partial charge in [0, 0.05) is 31.6 Å². The molecular formula is C23H28N2O3. The van der Waals surface area contributed by atoms with Gasteiger partial charge in [-0.2, -0.15) is 0 Å². The molecule has 2 aromatic carbocycles. The van der Waals surface area contributed by atoms with Gasteiger partial charge in [0.1, 0.15) is 6.23 Å². The number of aliphatic hydroxyl groups is 1. The van der Waals surface area contributed by atoms with Gasteiger partial charge in [0.05, 0.1) is 18.8 Å². The summed E-state index contributed by atoms with van der Waals surface area (Å²) in [5.74, 6) is 0.0785. The minimum Gasteiger partial charge on any atom is -0.378 e. The molecule has 4 rings (SSSR count). The Morgan fingerprint density at radius 2 is 1.64 bits per heavy atom. The van der Waals surface area contributed by atoms with E-state index in [1.54, 1.807) is 0 Å². The number of hydrogen-bond acceptors (Lipinski definition) is 4. The van der Waals surface area contributed by atoms with E-state index in [2.05, 4.69) is 4.90 Å². The van der Waals surface area contributed by atoms with Crippen molar-refractivity contribution in [2.75, 3.05) is 32.8 Å². The molecule has 28 heavy (non-hydrogen) atoms. The maximum Gasteiger partial charge on any atom is 0.254 e. The topological polar surface area (TPSA) is 53.0 Å². The normalized spacial score (nSPS) is 20.8. The van der Waals surface area contributed by atoms with Crippen molar-refractivity contribution in [2.45, 2.75) is 31.1 Å². The van der Waals surface area contributed by atoms with Crippen LogP contribution < -0.4 is 0 Å². The Balaban J connectivity index is 1.35. The molecule has 1 atom stereocenters. The van der Waals surface area contributed by atoms with Crippen molar-refractivity contribution < 1.29 is 14.6 Å². The highest BCUT2D eigenvalue weighted by Crippen LogP contribution is 2.31. The van der Waals surface area contributed by atoms with Crippen molar-refractivity contribution in [2.24, 2.45) is 0 Å². The number of aliphatic hydroxyl groups excluding tert-OH is 1. The highest BCUT2D eigenvalue weighted by molar-refractivity contribution is 5.94. The van der Waals surface area contributed by atoms with Gasteiger partial charge in [0.25, 0.3) is 5.91 Å². The van der Waals surface area contributed by atoms with E-state index in [1.165, 1.54) is 0 Å². The quantitative estimate of drug-likeness (QED) is 0.886. The molecular weight excluding hydrogens is 352 g/mol. The molecule has 0 aliphatic carbocycles. The van der Waals surface area contributed by atoms with Gasteiger partial charge >= 0.3 is 0 Å². The SMILES string of the molecule is O=C(c1ccccc1)N1CCOC2(CCN(C(O)Cc3ccccc3)CC2)C1. The smallest absolute Gasteiger partial charge is 0.254 e. The van der Waals surface area contributed by atoms with Gasteiger partial charge in [-0.25, -0.2) is 0 Å². The zero-order chi connectivity index (χ0) is 19.4. The molecule has 1 N–H and O–H groups in total. The van der Waals surface area contributed by atoms with Gasteiger partial charge < -0.3 is 14.7 Å². The lowest BCUT2D eigenvalue weighted by atomic mass is 9.88. The number of hydrogen-bond donors (Lipinski definition) is 1. The van der Waals surface area contributed by atoms with Crippen molar-refractivity contribution in [3.63, 3.8) is 0 Å². The summed E-state index contributed by atoms with van der Waals surface area (Å²) in [7, 11) is 0. The zero-order valence-corrected chi connectivity index (χ0v) is 16.2. The van der Waals surface area contributed by atoms with E-state index in [-0.39, 0.29) is 11.5 Å². The van der Waals surface area contributed by atoms with E-state index >= 15 is 0 Å². The maximum absolute atomic E-state index is 12.8. The molecule has 1 spiro atoms. The molecule has 2 aromatic rings. The van der Waals surface area contributed by atoms with E-state index in [0.29, 0.717) is 26.1 Å². The molecule has 2 saturated heterocycles. The molecule has 2 aliphatic rings. The third kappa shape index (κ3) is 4.27. The number of ether oxygens (including phenoxy) is 1. The Kier molecular flexibility index (Phi) is 5.76. The second kappa shape index (κ2) is 8.43. The second-order valence-electron chi connectivity index (χ2n) is 7.83. The predicted molar refractivity (Wildman–Crippen MR) is 108 cm³/mol. The Labute approximate surface area is 166 Å². The van der Waals surface area contributed by atoms with Crippen LogP contribution in [0, 0.1) is 0 Å². The molecule has 2 heterocycles. The fourth-order valence-corrected chi connectivity index (χ4v) is 4.27. The van der Waals surface area contributed by atoms with Gasteiger partial charge in [0.2, 0.25) is 0 Å². The first-order chi connectivity index (χ1) is 13.7. The fraction of sp³-hybridized carbons (Fsp3) is 0.435. The number of likely N-dealkylation sites (tertiary alicyclic amines) is 1. The molecule has 0 radical (unpaired) electrons. The molecule has 1 amide bonds. The number of carbonyl (C=O) groups excluding carboxylic acids is 1. The van der Waals surface area contributed by atoms with Crippen molar-refractivity contribution in [1.82, 2.24) is 9.80 Å². The van der Waals surface area contributed by atoms with Crippen LogP contribution in [0.4, 0.5) is 0 Å². The van der Waals surface area contributed by atoms with E-state index in [0.717, 1.165) is 37.1 Å². The van der Waals surface area contributed by atoms with Crippen molar-refractivity contribution in [1.29, 1.82) is 0 Å². The van der Waals surface area contributed by atoms with Crippen LogP contribution in [0.1, 0.15) is 28.8 Å². The lowest BCUT2D eigenvalue weighted by Gasteiger charge is -2.48. The van der Waals surface area contributed by atoms with Crippen molar-refractivity contribution in [3.8, 4) is 0 Å². The van der Waals surface area contributed by atoms with Crippen LogP contribution in [0.25, 0.3) is 0 Å². The lowest BCUT2D eigenvalue weighted by molar-refractivity contribution is -0.142. The van der Waals surface area contributed by atoms with E-state index in [9.17, 15) is 9.90 Å². The number of nitrogens with zero attached hydrogens (tertiary/aromatic N) is 2. The number of amides is 1. The average molecular weight is 380 g/mol. The Bertz CT molecular complexity index is 773. The molecule has 0 bridgehead atoms. The summed E-state index contributed by atoms with van der Waals surface area (Å²) in [5.41, 5.74) is 1.59. The number of carbonyl (C=O) groups is 1. The monoisotopic (exact) mass is 380 g/mol. The minimum atomic E-state index is -0.481. The summed E-state index contributed by atoms with van der Waals surface area (Å²) in [6, 6.07) is 19.5. The van der Waals surface area contributed by atoms with Crippen LogP contribution in [-0.4, -0.2) is 65.4 Å². The molecule has 148 valence electrons. The molecule has 2 aliphatic heterocycles. The minimum absolute atomic E-state index is 0.0785. The van der Waals surface area contributed by atoms with Crippen LogP contribution in [0.3, 0.4) is 0 Å². The highest BCUT2D eigenvalue weighted by atomic mass is 16.5. The summed E-state index contributed by atoms with van der Waals surface area (Å²) in [6.07, 6.45) is 1.81. The van der Waals surface area contributed by atoms with Gasteiger partial charge in [-0.1, -0.05) is 48.5 Å². The van der Waals surface area contributed by atoms with E-state index in [4.69, 9.17) is 4.74 Å². The number of morpholine rings is 1. The summed E-state index contributed by atoms with van der Waals surface area (Å²) in [4.78, 5) is 16.9. The van der Waals surface area contributed by atoms with Crippen molar-refractivity contribution in [3.05, 3.63) is 71.8 Å². The van der Waals surface area contributed by atoms with Crippen molar-refractivity contribution >= 4 is 5.91 Å². The second-order valence-corrected chi connectivity index (χ2v) is 7.83. The third-order valence-corrected chi connectivity index (χ3v) is 5.95. The van der Waals surface area contributed by atoms with Crippen LogP contribution in [0.5, 0.6) is 0 Å². The lowest BCUT2D eigenvalue weighted by Crippen LogP contribution is -2.59. The third-order valence-electron chi connectivity index (χ3n) is 5.95. The summed E-state index contributed by atoms with van der Waals surface area (Å²) >= 11 is 0. The average Bonchev–Trinajstić information content (AvgIpc) is 2.75. The zero-order valence-electron chi connectivity index (χ0n) is 16.2. The van der Waals surface area contributed by atoms with Gasteiger partial charge in [-0.15, -0.1) is 0 Å². The largest absolute Gasteiger partial charge is 0.378 e. The molecule has 2 fully saturated rings. The molecule has 5 heteroatoms. The summed E-state index contributed by atoms with van der Waals surface area (Å²) in [6.45, 7) is 3.40. The first kappa shape index (κ1) is 19.1. The van der Waals surface area contributed by atoms with Gasteiger partial charge in [0.15, 0.2) is 0 Å². The Morgan fingerprint density at radius 3 is 2.32 bits per heavy atom. The van der Waals surface area contributed by atoms with Crippen LogP contribution in [0.15, 0.2) is 60.7 Å². The van der Waals surface area contributed by atoms with E-state index in [1.807, 2.05) is 65.6 Å². The van der Waals surface area contributed by atoms with Gasteiger partial charge in [-0.05, 0) is 30.5 Å². The maximum atomic E-state index is 12.8. The van der Waals surface area contributed by atoms with Crippen LogP contribution in [-0.2, 0) is 11.2 Å². The number of benzene rings is 2.